The zero-order chi connectivity index (χ0) is 34.7. The number of carbonyl (C=O) groups excluding carboxylic acids is 2. The third-order valence-electron chi connectivity index (χ3n) is 8.28. The standard InChI is InChI=1S/C35H66O4S2.C3H6O2/c1-4-6-8-10-12-14-16-18-20-22-24-26-28-30-32(36)40-35(3,34(38)39)41-33(37)31-29-27-25-23-21-19-17-15-13-11-9-7-5-2;1-2-3(4)5/h4-31H2,1-3H3,(H,38,39);2H2,1H3,(H,4,5). The number of aliphatic carboxylic acids is 2. The van der Waals surface area contributed by atoms with Gasteiger partial charge in [0.2, 0.25) is 0 Å². The molecule has 0 amide bonds. The Bertz CT molecular complexity index is 699. The fraction of sp³-hybridized carbons (Fsp3) is 0.895. The molecule has 0 radical (unpaired) electrons. The van der Waals surface area contributed by atoms with E-state index in [2.05, 4.69) is 13.8 Å². The van der Waals surface area contributed by atoms with Crippen LogP contribution in [0.4, 0.5) is 0 Å². The van der Waals surface area contributed by atoms with Gasteiger partial charge in [0.05, 0.1) is 0 Å². The second-order valence-corrected chi connectivity index (χ2v) is 16.1. The number of thioether (sulfide) groups is 2. The predicted octanol–water partition coefficient (Wildman–Crippen LogP) is 12.8. The molecule has 0 aliphatic heterocycles. The minimum Gasteiger partial charge on any atom is -0.481 e. The zero-order valence-electron chi connectivity index (χ0n) is 30.4. The summed E-state index contributed by atoms with van der Waals surface area (Å²) in [6, 6.07) is 0. The van der Waals surface area contributed by atoms with Crippen molar-refractivity contribution in [3.8, 4) is 0 Å². The summed E-state index contributed by atoms with van der Waals surface area (Å²) in [6.07, 6.45) is 33.5. The molecule has 46 heavy (non-hydrogen) atoms. The molecule has 0 aliphatic carbocycles. The topological polar surface area (TPSA) is 109 Å². The summed E-state index contributed by atoms with van der Waals surface area (Å²) in [5, 5.41) is 17.3. The molecule has 0 bridgehead atoms. The van der Waals surface area contributed by atoms with Crippen molar-refractivity contribution >= 4 is 45.7 Å². The molecule has 0 spiro atoms. The van der Waals surface area contributed by atoms with Crippen molar-refractivity contribution in [2.45, 2.75) is 218 Å². The van der Waals surface area contributed by atoms with Crippen molar-refractivity contribution in [1.29, 1.82) is 0 Å². The number of unbranched alkanes of at least 4 members (excludes halogenated alkanes) is 24. The Kier molecular flexibility index (Phi) is 36.1. The van der Waals surface area contributed by atoms with Crippen molar-refractivity contribution in [3.63, 3.8) is 0 Å². The van der Waals surface area contributed by atoms with Gasteiger partial charge in [-0.1, -0.05) is 198 Å². The summed E-state index contributed by atoms with van der Waals surface area (Å²) in [5.74, 6) is -1.84. The molecule has 0 atom stereocenters. The SMILES string of the molecule is CCC(=O)O.CCCCCCCCCCCCCCCC(=O)SC(C)(SC(=O)CCCCCCCCCCCCCCC)C(=O)O. The summed E-state index contributed by atoms with van der Waals surface area (Å²) < 4.78 is -1.43. The molecule has 0 heterocycles. The monoisotopic (exact) mass is 688 g/mol. The molecule has 8 heteroatoms. The maximum absolute atomic E-state index is 12.5. The lowest BCUT2D eigenvalue weighted by Crippen LogP contribution is -2.30. The number of carboxylic acid groups (broad SMARTS) is 2. The molecule has 0 aliphatic rings. The van der Waals surface area contributed by atoms with Crippen molar-refractivity contribution in [1.82, 2.24) is 0 Å². The molecule has 0 aromatic heterocycles. The number of carboxylic acids is 2. The van der Waals surface area contributed by atoms with Gasteiger partial charge in [-0.3, -0.25) is 14.4 Å². The van der Waals surface area contributed by atoms with Gasteiger partial charge >= 0.3 is 11.9 Å². The van der Waals surface area contributed by atoms with E-state index in [0.717, 1.165) is 62.0 Å². The quantitative estimate of drug-likeness (QED) is 0.0531. The molecule has 272 valence electrons. The number of hydrogen-bond acceptors (Lipinski definition) is 6. The van der Waals surface area contributed by atoms with Gasteiger partial charge in [-0.15, -0.1) is 0 Å². The second kappa shape index (κ2) is 35.3. The van der Waals surface area contributed by atoms with Crippen molar-refractivity contribution in [2.24, 2.45) is 0 Å². The molecule has 0 saturated carbocycles. The zero-order valence-corrected chi connectivity index (χ0v) is 32.0. The van der Waals surface area contributed by atoms with Gasteiger partial charge in [-0.2, -0.15) is 0 Å². The van der Waals surface area contributed by atoms with E-state index in [1.807, 2.05) is 0 Å². The normalized spacial score (nSPS) is 11.2. The highest BCUT2D eigenvalue weighted by atomic mass is 32.2. The first-order chi connectivity index (χ1) is 22.1. The first kappa shape index (κ1) is 47.1. The van der Waals surface area contributed by atoms with Crippen LogP contribution in [0.2, 0.25) is 0 Å². The third kappa shape index (κ3) is 34.3. The van der Waals surface area contributed by atoms with Crippen LogP contribution in [0.15, 0.2) is 0 Å². The van der Waals surface area contributed by atoms with E-state index in [-0.39, 0.29) is 16.7 Å². The Labute approximate surface area is 292 Å². The molecule has 0 saturated heterocycles. The highest BCUT2D eigenvalue weighted by molar-refractivity contribution is 8.31. The van der Waals surface area contributed by atoms with Crippen LogP contribution < -0.4 is 0 Å². The van der Waals surface area contributed by atoms with Gasteiger partial charge in [0.15, 0.2) is 14.3 Å². The lowest BCUT2D eigenvalue weighted by Gasteiger charge is -2.21. The second-order valence-electron chi connectivity index (χ2n) is 12.9. The van der Waals surface area contributed by atoms with Gasteiger partial charge in [0.1, 0.15) is 0 Å². The third-order valence-corrected chi connectivity index (χ3v) is 10.8. The molecule has 2 N–H and O–H groups in total. The molecule has 0 unspecified atom stereocenters. The van der Waals surface area contributed by atoms with Gasteiger partial charge < -0.3 is 10.2 Å². The van der Waals surface area contributed by atoms with E-state index in [1.54, 1.807) is 6.92 Å². The minimum atomic E-state index is -1.43. The van der Waals surface area contributed by atoms with Crippen LogP contribution in [-0.2, 0) is 19.2 Å². The highest BCUT2D eigenvalue weighted by Gasteiger charge is 2.39. The summed E-state index contributed by atoms with van der Waals surface area (Å²) in [5.41, 5.74) is 0. The largest absolute Gasteiger partial charge is 0.481 e. The Morgan fingerprint density at radius 1 is 0.435 bits per heavy atom. The van der Waals surface area contributed by atoms with Crippen LogP contribution in [0.1, 0.15) is 214 Å². The Hall–Kier alpha value is -1.02. The van der Waals surface area contributed by atoms with Gasteiger partial charge in [-0.25, -0.2) is 4.79 Å². The van der Waals surface area contributed by atoms with Crippen molar-refractivity contribution in [2.75, 3.05) is 0 Å². The lowest BCUT2D eigenvalue weighted by molar-refractivity contribution is -0.137. The van der Waals surface area contributed by atoms with Gasteiger partial charge in [-0.05, 0) is 19.8 Å². The van der Waals surface area contributed by atoms with Crippen molar-refractivity contribution in [3.05, 3.63) is 0 Å². The van der Waals surface area contributed by atoms with E-state index >= 15 is 0 Å². The Morgan fingerprint density at radius 2 is 0.652 bits per heavy atom. The summed E-state index contributed by atoms with van der Waals surface area (Å²) >= 11 is 1.67. The molecular formula is C38H72O6S2. The summed E-state index contributed by atoms with van der Waals surface area (Å²) in [6.45, 7) is 7.62. The van der Waals surface area contributed by atoms with Crippen LogP contribution >= 0.6 is 23.5 Å². The highest BCUT2D eigenvalue weighted by Crippen LogP contribution is 2.40. The molecule has 6 nitrogen and oxygen atoms in total. The van der Waals surface area contributed by atoms with Crippen LogP contribution in [0.5, 0.6) is 0 Å². The lowest BCUT2D eigenvalue weighted by atomic mass is 10.0. The first-order valence-electron chi connectivity index (χ1n) is 19.0. The fourth-order valence-electron chi connectivity index (χ4n) is 5.22. The van der Waals surface area contributed by atoms with E-state index in [4.69, 9.17) is 5.11 Å². The average Bonchev–Trinajstić information content (AvgIpc) is 3.01. The molecule has 0 aromatic carbocycles. The van der Waals surface area contributed by atoms with E-state index in [0.29, 0.717) is 12.8 Å². The first-order valence-corrected chi connectivity index (χ1v) is 20.6. The van der Waals surface area contributed by atoms with E-state index in [1.165, 1.54) is 135 Å². The van der Waals surface area contributed by atoms with Gasteiger partial charge in [0, 0.05) is 19.3 Å². The van der Waals surface area contributed by atoms with Crippen LogP contribution in [0.3, 0.4) is 0 Å². The maximum Gasteiger partial charge on any atom is 0.330 e. The van der Waals surface area contributed by atoms with Gasteiger partial charge in [0.25, 0.3) is 0 Å². The fourth-order valence-corrected chi connectivity index (χ4v) is 7.48. The summed E-state index contributed by atoms with van der Waals surface area (Å²) in [7, 11) is 0. The van der Waals surface area contributed by atoms with E-state index in [9.17, 15) is 24.3 Å². The summed E-state index contributed by atoms with van der Waals surface area (Å²) in [4.78, 5) is 46.3. The Morgan fingerprint density at radius 3 is 0.848 bits per heavy atom. The number of hydrogen-bond donors (Lipinski definition) is 2. The van der Waals surface area contributed by atoms with Crippen LogP contribution in [0.25, 0.3) is 0 Å². The molecular weight excluding hydrogens is 617 g/mol. The predicted molar refractivity (Wildman–Crippen MR) is 200 cm³/mol. The van der Waals surface area contributed by atoms with E-state index < -0.39 is 16.0 Å². The minimum absolute atomic E-state index is 0.112. The maximum atomic E-state index is 12.5. The number of carbonyl (C=O) groups is 4. The van der Waals surface area contributed by atoms with Crippen LogP contribution in [-0.4, -0.2) is 36.5 Å². The molecule has 0 fully saturated rings. The van der Waals surface area contributed by atoms with Crippen molar-refractivity contribution < 1.29 is 29.4 Å². The number of rotatable bonds is 32. The smallest absolute Gasteiger partial charge is 0.330 e. The molecule has 0 rings (SSSR count). The molecule has 0 aromatic rings. The average molecular weight is 689 g/mol. The van der Waals surface area contributed by atoms with Crippen LogP contribution in [0, 0.1) is 0 Å². The Balaban J connectivity index is 0.